The SMILES string of the molecule is CCCC(=O)O[C@@H]1[C@@H](OC(=O)CCC)[C@@H](OC2OC[C@@H](OC(=O)CCC)[C@@H](OC(=O)CCC)[C@H]2[C@@H](CC)C(=O)O)OC[C@H]1OC(=O)CCC. The van der Waals surface area contributed by atoms with Gasteiger partial charge in [0.2, 0.25) is 6.29 Å². The minimum Gasteiger partial charge on any atom is -0.481 e. The maximum atomic E-state index is 12.9. The van der Waals surface area contributed by atoms with Crippen molar-refractivity contribution < 1.29 is 71.8 Å². The summed E-state index contributed by atoms with van der Waals surface area (Å²) in [6.07, 6.45) is -6.78. The molecule has 0 aromatic heterocycles. The second kappa shape index (κ2) is 21.7. The van der Waals surface area contributed by atoms with Crippen LogP contribution in [0.3, 0.4) is 0 Å². The lowest BCUT2D eigenvalue weighted by Crippen LogP contribution is -2.62. The number of rotatable bonds is 20. The summed E-state index contributed by atoms with van der Waals surface area (Å²) in [4.78, 5) is 76.2. The van der Waals surface area contributed by atoms with Crippen LogP contribution in [0, 0.1) is 11.8 Å². The van der Waals surface area contributed by atoms with Crippen LogP contribution in [0.1, 0.15) is 112 Å². The van der Waals surface area contributed by atoms with E-state index < -0.39 is 90.8 Å². The number of carboxylic acids is 1. The van der Waals surface area contributed by atoms with Crippen LogP contribution < -0.4 is 0 Å². The first-order valence-electron chi connectivity index (χ1n) is 17.5. The molecule has 0 aliphatic carbocycles. The minimum atomic E-state index is -1.51. The van der Waals surface area contributed by atoms with E-state index in [9.17, 15) is 33.9 Å². The van der Waals surface area contributed by atoms with Crippen LogP contribution in [0.2, 0.25) is 0 Å². The first kappa shape index (κ1) is 41.9. The molecule has 2 aliphatic rings. The van der Waals surface area contributed by atoms with Crippen LogP contribution in [0.25, 0.3) is 0 Å². The average Bonchev–Trinajstić information content (AvgIpc) is 3.03. The summed E-state index contributed by atoms with van der Waals surface area (Å²) in [6.45, 7) is 9.87. The van der Waals surface area contributed by atoms with Gasteiger partial charge < -0.3 is 43.0 Å². The largest absolute Gasteiger partial charge is 0.481 e. The van der Waals surface area contributed by atoms with Gasteiger partial charge in [-0.05, 0) is 38.5 Å². The Kier molecular flexibility index (Phi) is 18.6. The first-order valence-corrected chi connectivity index (χ1v) is 17.5. The monoisotopic (exact) mass is 702 g/mol. The molecule has 0 radical (unpaired) electrons. The second-order valence-electron chi connectivity index (χ2n) is 12.1. The van der Waals surface area contributed by atoms with Gasteiger partial charge in [-0.3, -0.25) is 28.8 Å². The van der Waals surface area contributed by atoms with Gasteiger partial charge in [0, 0.05) is 32.1 Å². The standard InChI is InChI=1S/C34H54O15/c1-7-13-23(35)44-21-18-42-33(28(20(12-6)32(40)41)29(21)46-25(37)15-9-3)49-34-31(48-27(39)17-11-5)30(47-26(38)16-10-4)22(19-43-34)45-24(36)14-8-2/h20-22,28-31,33-34H,7-19H2,1-6H3,(H,40,41)/t20-,21-,22-,28-,29-,30+,31-,33?,34-/m1/s1. The van der Waals surface area contributed by atoms with Crippen LogP contribution in [0.5, 0.6) is 0 Å². The Morgan fingerprint density at radius 3 is 1.33 bits per heavy atom. The molecule has 2 fully saturated rings. The molecular formula is C34H54O15. The van der Waals surface area contributed by atoms with Gasteiger partial charge in [-0.25, -0.2) is 0 Å². The summed E-state index contributed by atoms with van der Waals surface area (Å²) in [5.41, 5.74) is 0. The Morgan fingerprint density at radius 2 is 0.918 bits per heavy atom. The number of ether oxygens (including phenoxy) is 8. The topological polar surface area (TPSA) is 196 Å². The van der Waals surface area contributed by atoms with E-state index in [1.54, 1.807) is 41.5 Å². The molecule has 0 amide bonds. The van der Waals surface area contributed by atoms with Crippen molar-refractivity contribution in [3.63, 3.8) is 0 Å². The quantitative estimate of drug-likeness (QED) is 0.141. The molecule has 0 spiro atoms. The van der Waals surface area contributed by atoms with E-state index in [0.29, 0.717) is 32.1 Å². The molecule has 1 unspecified atom stereocenters. The molecule has 2 saturated heterocycles. The second-order valence-corrected chi connectivity index (χ2v) is 12.1. The highest BCUT2D eigenvalue weighted by molar-refractivity contribution is 5.73. The van der Waals surface area contributed by atoms with Gasteiger partial charge in [0.25, 0.3) is 0 Å². The lowest BCUT2D eigenvalue weighted by Gasteiger charge is -2.46. The fourth-order valence-electron chi connectivity index (χ4n) is 5.68. The summed E-state index contributed by atoms with van der Waals surface area (Å²) < 4.78 is 46.7. The molecule has 0 aromatic rings. The zero-order chi connectivity index (χ0) is 36.5. The Bertz CT molecular complexity index is 1090. The molecule has 15 heteroatoms. The molecule has 280 valence electrons. The van der Waals surface area contributed by atoms with Crippen molar-refractivity contribution in [3.8, 4) is 0 Å². The Hall–Kier alpha value is -3.30. The maximum Gasteiger partial charge on any atom is 0.307 e. The van der Waals surface area contributed by atoms with Crippen molar-refractivity contribution in [2.45, 2.75) is 155 Å². The third-order valence-electron chi connectivity index (χ3n) is 8.00. The summed E-state index contributed by atoms with van der Waals surface area (Å²) >= 11 is 0. The summed E-state index contributed by atoms with van der Waals surface area (Å²) in [7, 11) is 0. The predicted molar refractivity (Wildman–Crippen MR) is 169 cm³/mol. The first-order chi connectivity index (χ1) is 23.4. The van der Waals surface area contributed by atoms with E-state index in [1.807, 2.05) is 0 Å². The van der Waals surface area contributed by atoms with Crippen molar-refractivity contribution >= 4 is 35.8 Å². The van der Waals surface area contributed by atoms with Crippen LogP contribution in [-0.2, 0) is 66.7 Å². The predicted octanol–water partition coefficient (Wildman–Crippen LogP) is 4.00. The van der Waals surface area contributed by atoms with E-state index in [2.05, 4.69) is 0 Å². The fourth-order valence-corrected chi connectivity index (χ4v) is 5.68. The molecule has 2 heterocycles. The van der Waals surface area contributed by atoms with E-state index >= 15 is 0 Å². The van der Waals surface area contributed by atoms with Gasteiger partial charge in [-0.2, -0.15) is 0 Å². The number of aliphatic carboxylic acids is 1. The molecule has 1 N–H and O–H groups in total. The number of carboxylic acid groups (broad SMARTS) is 1. The van der Waals surface area contributed by atoms with Gasteiger partial charge in [0.1, 0.15) is 6.10 Å². The van der Waals surface area contributed by atoms with Crippen LogP contribution in [-0.4, -0.2) is 97.2 Å². The third kappa shape index (κ3) is 12.8. The molecule has 0 bridgehead atoms. The van der Waals surface area contributed by atoms with Gasteiger partial charge in [0.05, 0.1) is 25.0 Å². The van der Waals surface area contributed by atoms with Gasteiger partial charge in [-0.1, -0.05) is 41.5 Å². The molecule has 2 aliphatic heterocycles. The molecule has 0 aromatic carbocycles. The average molecular weight is 703 g/mol. The van der Waals surface area contributed by atoms with Crippen molar-refractivity contribution in [2.75, 3.05) is 13.2 Å². The minimum absolute atomic E-state index is 0.00112. The number of hydrogen-bond donors (Lipinski definition) is 1. The molecule has 9 atom stereocenters. The van der Waals surface area contributed by atoms with E-state index in [1.165, 1.54) is 0 Å². The highest BCUT2D eigenvalue weighted by Crippen LogP contribution is 2.38. The van der Waals surface area contributed by atoms with Crippen LogP contribution >= 0.6 is 0 Å². The molecular weight excluding hydrogens is 648 g/mol. The van der Waals surface area contributed by atoms with Crippen molar-refractivity contribution in [3.05, 3.63) is 0 Å². The summed E-state index contributed by atoms with van der Waals surface area (Å²) in [6, 6.07) is 0. The number of esters is 5. The molecule has 2 rings (SSSR count). The molecule has 15 nitrogen and oxygen atoms in total. The zero-order valence-corrected chi connectivity index (χ0v) is 29.6. The van der Waals surface area contributed by atoms with Gasteiger partial charge in [-0.15, -0.1) is 0 Å². The third-order valence-corrected chi connectivity index (χ3v) is 8.00. The van der Waals surface area contributed by atoms with E-state index in [-0.39, 0.29) is 51.7 Å². The van der Waals surface area contributed by atoms with Crippen molar-refractivity contribution in [1.29, 1.82) is 0 Å². The summed E-state index contributed by atoms with van der Waals surface area (Å²) in [5.74, 6) is -6.78. The van der Waals surface area contributed by atoms with Crippen molar-refractivity contribution in [2.24, 2.45) is 11.8 Å². The van der Waals surface area contributed by atoms with Gasteiger partial charge >= 0.3 is 35.8 Å². The van der Waals surface area contributed by atoms with E-state index in [0.717, 1.165) is 0 Å². The van der Waals surface area contributed by atoms with Crippen molar-refractivity contribution in [1.82, 2.24) is 0 Å². The Labute approximate surface area is 287 Å². The molecule has 49 heavy (non-hydrogen) atoms. The lowest BCUT2D eigenvalue weighted by molar-refractivity contribution is -0.350. The van der Waals surface area contributed by atoms with Gasteiger partial charge in [0.15, 0.2) is 30.7 Å². The smallest absolute Gasteiger partial charge is 0.307 e. The number of carbonyl (C=O) groups excluding carboxylic acids is 5. The van der Waals surface area contributed by atoms with Crippen LogP contribution in [0.15, 0.2) is 0 Å². The number of hydrogen-bond acceptors (Lipinski definition) is 14. The lowest BCUT2D eigenvalue weighted by atomic mass is 9.81. The highest BCUT2D eigenvalue weighted by Gasteiger charge is 2.54. The zero-order valence-electron chi connectivity index (χ0n) is 29.6. The Morgan fingerprint density at radius 1 is 0.551 bits per heavy atom. The Balaban J connectivity index is 2.58. The highest BCUT2D eigenvalue weighted by atomic mass is 16.8. The van der Waals surface area contributed by atoms with Crippen LogP contribution in [0.4, 0.5) is 0 Å². The van der Waals surface area contributed by atoms with E-state index in [4.69, 9.17) is 37.9 Å². The maximum absolute atomic E-state index is 12.9. The fraction of sp³-hybridized carbons (Fsp3) is 0.824. The normalized spacial score (nSPS) is 27.3. The number of carbonyl (C=O) groups is 6. The summed E-state index contributed by atoms with van der Waals surface area (Å²) in [5, 5.41) is 10.3. The molecule has 0 saturated carbocycles.